The van der Waals surface area contributed by atoms with Gasteiger partial charge in [0, 0.05) is 12.1 Å². The molecule has 3 amide bonds. The molecule has 1 aromatic rings. The average Bonchev–Trinajstić information content (AvgIpc) is 3.17. The molecule has 2 heterocycles. The van der Waals surface area contributed by atoms with Crippen molar-refractivity contribution in [3.63, 3.8) is 0 Å². The summed E-state index contributed by atoms with van der Waals surface area (Å²) in [5.41, 5.74) is 1.02. The maximum atomic E-state index is 13.4. The lowest BCUT2D eigenvalue weighted by molar-refractivity contribution is -0.128. The molecule has 6 nitrogen and oxygen atoms in total. The van der Waals surface area contributed by atoms with Crippen molar-refractivity contribution in [2.45, 2.75) is 62.9 Å². The molecule has 4 saturated carbocycles. The van der Waals surface area contributed by atoms with Crippen LogP contribution in [0.3, 0.4) is 0 Å². The smallest absolute Gasteiger partial charge is 0.256 e. The summed E-state index contributed by atoms with van der Waals surface area (Å²) < 4.78 is 0. The van der Waals surface area contributed by atoms with E-state index < -0.39 is 6.04 Å². The van der Waals surface area contributed by atoms with Crippen molar-refractivity contribution >= 4 is 23.4 Å². The highest BCUT2D eigenvalue weighted by Crippen LogP contribution is 2.55. The first-order chi connectivity index (χ1) is 14.5. The van der Waals surface area contributed by atoms with Crippen LogP contribution < -0.4 is 10.2 Å². The summed E-state index contributed by atoms with van der Waals surface area (Å²) in [6.07, 6.45) is 8.74. The molecule has 2 aliphatic heterocycles. The quantitative estimate of drug-likeness (QED) is 0.838. The van der Waals surface area contributed by atoms with E-state index in [1.165, 1.54) is 19.3 Å². The van der Waals surface area contributed by atoms with Gasteiger partial charge in [-0.05, 0) is 81.3 Å². The molecule has 7 rings (SSSR count). The normalized spacial score (nSPS) is 36.5. The number of rotatable bonds is 3. The number of nitrogens with one attached hydrogen (secondary N) is 1. The molecule has 4 bridgehead atoms. The van der Waals surface area contributed by atoms with Crippen LogP contribution in [0.2, 0.25) is 0 Å². The third-order valence-electron chi connectivity index (χ3n) is 8.23. The third kappa shape index (κ3) is 2.79. The second-order valence-corrected chi connectivity index (χ2v) is 10.3. The van der Waals surface area contributed by atoms with Crippen LogP contribution in [0.15, 0.2) is 24.3 Å². The molecule has 1 aromatic carbocycles. The maximum absolute atomic E-state index is 13.4. The molecule has 5 fully saturated rings. The van der Waals surface area contributed by atoms with E-state index in [1.54, 1.807) is 21.9 Å². The topological polar surface area (TPSA) is 69.7 Å². The van der Waals surface area contributed by atoms with Crippen LogP contribution >= 0.6 is 0 Å². The molecular weight excluding hydrogens is 378 g/mol. The van der Waals surface area contributed by atoms with Gasteiger partial charge >= 0.3 is 0 Å². The minimum Gasteiger partial charge on any atom is -0.349 e. The number of benzene rings is 1. The van der Waals surface area contributed by atoms with Gasteiger partial charge in [-0.2, -0.15) is 0 Å². The monoisotopic (exact) mass is 407 g/mol. The number of hydrogen-bond acceptors (Lipinski definition) is 3. The summed E-state index contributed by atoms with van der Waals surface area (Å²) in [5, 5.41) is 3.38. The Hall–Kier alpha value is -2.37. The van der Waals surface area contributed by atoms with E-state index in [0.717, 1.165) is 43.4 Å². The summed E-state index contributed by atoms with van der Waals surface area (Å²) in [4.78, 5) is 42.9. The number of nitrogens with zero attached hydrogens (tertiary/aromatic N) is 2. The van der Waals surface area contributed by atoms with Gasteiger partial charge in [-0.25, -0.2) is 0 Å². The van der Waals surface area contributed by atoms with Gasteiger partial charge in [-0.3, -0.25) is 14.4 Å². The van der Waals surface area contributed by atoms with E-state index in [4.69, 9.17) is 0 Å². The fraction of sp³-hybridized carbons (Fsp3) is 0.625. The molecule has 30 heavy (non-hydrogen) atoms. The maximum Gasteiger partial charge on any atom is 0.256 e. The van der Waals surface area contributed by atoms with Crippen molar-refractivity contribution in [3.8, 4) is 0 Å². The number of para-hydroxylation sites is 1. The highest BCUT2D eigenvalue weighted by molar-refractivity contribution is 6.12. The van der Waals surface area contributed by atoms with Crippen molar-refractivity contribution in [3.05, 3.63) is 29.8 Å². The first kappa shape index (κ1) is 18.4. The Morgan fingerprint density at radius 1 is 1.03 bits per heavy atom. The van der Waals surface area contributed by atoms with Crippen molar-refractivity contribution < 1.29 is 14.4 Å². The number of carbonyl (C=O) groups is 3. The van der Waals surface area contributed by atoms with E-state index in [-0.39, 0.29) is 29.8 Å². The Morgan fingerprint density at radius 2 is 1.70 bits per heavy atom. The molecule has 1 N–H and O–H groups in total. The van der Waals surface area contributed by atoms with Gasteiger partial charge in [0.25, 0.3) is 5.91 Å². The molecular formula is C24H29N3O3. The zero-order chi connectivity index (χ0) is 20.5. The number of fused-ring (bicyclic) bond motifs is 2. The van der Waals surface area contributed by atoms with Crippen LogP contribution in [-0.2, 0) is 9.59 Å². The van der Waals surface area contributed by atoms with Gasteiger partial charge in [0.15, 0.2) is 0 Å². The number of carbonyl (C=O) groups excluding carboxylic acids is 3. The Bertz CT molecular complexity index is 891. The van der Waals surface area contributed by atoms with E-state index >= 15 is 0 Å². The van der Waals surface area contributed by atoms with Gasteiger partial charge in [0.05, 0.1) is 11.3 Å². The second-order valence-electron chi connectivity index (χ2n) is 10.3. The predicted octanol–water partition coefficient (Wildman–Crippen LogP) is 2.72. The first-order valence-corrected chi connectivity index (χ1v) is 11.5. The van der Waals surface area contributed by atoms with Crippen molar-refractivity contribution in [1.82, 2.24) is 10.2 Å². The van der Waals surface area contributed by atoms with Crippen LogP contribution in [0.4, 0.5) is 5.69 Å². The lowest BCUT2D eigenvalue weighted by Gasteiger charge is -2.57. The minimum absolute atomic E-state index is 0.00475. The molecule has 6 heteroatoms. The number of amides is 3. The van der Waals surface area contributed by atoms with Crippen LogP contribution in [0.1, 0.15) is 61.7 Å². The van der Waals surface area contributed by atoms with Crippen LogP contribution in [0.5, 0.6) is 0 Å². The number of hydrogen-bond donors (Lipinski definition) is 1. The van der Waals surface area contributed by atoms with E-state index in [0.29, 0.717) is 24.2 Å². The first-order valence-electron chi connectivity index (χ1n) is 11.5. The summed E-state index contributed by atoms with van der Waals surface area (Å²) in [5.74, 6) is 1.96. The Labute approximate surface area is 177 Å². The summed E-state index contributed by atoms with van der Waals surface area (Å²) in [7, 11) is 0. The van der Waals surface area contributed by atoms with E-state index in [9.17, 15) is 14.4 Å². The molecule has 6 aliphatic rings. The SMILES string of the molecule is O=C(CN1C(=O)[C@@H]2CCCN2C(=O)c2ccccc21)NC12CC3CC(CC(C3)C1)C2. The van der Waals surface area contributed by atoms with Crippen molar-refractivity contribution in [2.75, 3.05) is 18.0 Å². The fourth-order valence-electron chi connectivity index (χ4n) is 7.52. The van der Waals surface area contributed by atoms with Gasteiger partial charge in [0.2, 0.25) is 11.8 Å². The molecule has 1 atom stereocenters. The summed E-state index contributed by atoms with van der Waals surface area (Å²) >= 11 is 0. The van der Waals surface area contributed by atoms with Crippen LogP contribution in [0.25, 0.3) is 0 Å². The standard InChI is InChI=1S/C24H29N3O3/c28-21(25-24-11-15-8-16(12-24)10-17(9-15)13-24)14-27-19-5-2-1-4-18(19)22(29)26-7-3-6-20(26)23(27)30/h1-2,4-5,15-17,20H,3,6-14H2,(H,25,28)/t15?,16?,17?,20-,24?/m0/s1. The molecule has 1 saturated heterocycles. The molecule has 0 unspecified atom stereocenters. The van der Waals surface area contributed by atoms with Crippen molar-refractivity contribution in [2.24, 2.45) is 17.8 Å². The van der Waals surface area contributed by atoms with Crippen LogP contribution in [-0.4, -0.2) is 47.3 Å². The minimum atomic E-state index is -0.447. The highest BCUT2D eigenvalue weighted by Gasteiger charge is 2.52. The molecule has 0 radical (unpaired) electrons. The highest BCUT2D eigenvalue weighted by atomic mass is 16.2. The fourth-order valence-corrected chi connectivity index (χ4v) is 7.52. The Morgan fingerprint density at radius 3 is 2.40 bits per heavy atom. The largest absolute Gasteiger partial charge is 0.349 e. The van der Waals surface area contributed by atoms with Crippen molar-refractivity contribution in [1.29, 1.82) is 0 Å². The zero-order valence-electron chi connectivity index (χ0n) is 17.3. The predicted molar refractivity (Wildman–Crippen MR) is 112 cm³/mol. The summed E-state index contributed by atoms with van der Waals surface area (Å²) in [6.45, 7) is 0.603. The van der Waals surface area contributed by atoms with E-state index in [1.807, 2.05) is 12.1 Å². The molecule has 158 valence electrons. The molecule has 4 aliphatic carbocycles. The second kappa shape index (κ2) is 6.56. The lowest BCUT2D eigenvalue weighted by Crippen LogP contribution is -2.61. The molecule has 0 aromatic heterocycles. The average molecular weight is 408 g/mol. The lowest BCUT2D eigenvalue weighted by atomic mass is 9.53. The van der Waals surface area contributed by atoms with E-state index in [2.05, 4.69) is 5.32 Å². The Balaban J connectivity index is 1.27. The molecule has 0 spiro atoms. The van der Waals surface area contributed by atoms with Gasteiger partial charge in [0.1, 0.15) is 12.6 Å². The third-order valence-corrected chi connectivity index (χ3v) is 8.23. The van der Waals surface area contributed by atoms with Crippen LogP contribution in [0, 0.1) is 17.8 Å². The number of anilines is 1. The summed E-state index contributed by atoms with van der Waals surface area (Å²) in [6, 6.07) is 6.78. The van der Waals surface area contributed by atoms with Gasteiger partial charge in [-0.1, -0.05) is 12.1 Å². The Kier molecular flexibility index (Phi) is 4.03. The zero-order valence-corrected chi connectivity index (χ0v) is 17.3. The van der Waals surface area contributed by atoms with Gasteiger partial charge < -0.3 is 15.1 Å². The van der Waals surface area contributed by atoms with Gasteiger partial charge in [-0.15, -0.1) is 0 Å².